The van der Waals surface area contributed by atoms with Crippen molar-refractivity contribution in [3.8, 4) is 0 Å². The molecular weight excluding hydrogens is 312 g/mol. The minimum Gasteiger partial charge on any atom is -0.358 e. The molecule has 3 N–H and O–H groups in total. The Balaban J connectivity index is 2.04. The fourth-order valence-electron chi connectivity index (χ4n) is 2.59. The van der Waals surface area contributed by atoms with Gasteiger partial charge in [0.15, 0.2) is 0 Å². The molecule has 0 aliphatic rings. The lowest BCUT2D eigenvalue weighted by molar-refractivity contribution is -0.120. The van der Waals surface area contributed by atoms with Crippen molar-refractivity contribution in [1.29, 1.82) is 0 Å². The maximum Gasteiger partial charge on any atom is 0.239 e. The molecule has 1 aromatic carbocycles. The molecule has 1 aromatic heterocycles. The fraction of sp³-hybridized carbons (Fsp3) is 0.400. The number of hydrogen-bond donors (Lipinski definition) is 2. The van der Waals surface area contributed by atoms with Gasteiger partial charge in [0.2, 0.25) is 5.91 Å². The van der Waals surface area contributed by atoms with Gasteiger partial charge in [0, 0.05) is 36.7 Å². The smallest absolute Gasteiger partial charge is 0.239 e. The average Bonchev–Trinajstić information content (AvgIpc) is 2.67. The highest BCUT2D eigenvalue weighted by Crippen LogP contribution is 2.16. The Labute approximate surface area is 150 Å². The molecule has 2 aromatic rings. The number of benzene rings is 1. The Hall–Kier alpha value is -2.40. The van der Waals surface area contributed by atoms with Gasteiger partial charge in [0.05, 0.1) is 6.54 Å². The summed E-state index contributed by atoms with van der Waals surface area (Å²) >= 11 is 0. The first-order valence-corrected chi connectivity index (χ1v) is 8.81. The molecular formula is C20H28N4O. The first-order chi connectivity index (χ1) is 12.1. The minimum absolute atomic E-state index is 0.0236. The monoisotopic (exact) mass is 340 g/mol. The summed E-state index contributed by atoms with van der Waals surface area (Å²) in [5.41, 5.74) is 8.01. The van der Waals surface area contributed by atoms with Crippen LogP contribution in [0.5, 0.6) is 0 Å². The number of anilines is 1. The number of aromatic nitrogens is 1. The molecule has 5 nitrogen and oxygen atoms in total. The molecule has 0 saturated heterocycles. The summed E-state index contributed by atoms with van der Waals surface area (Å²) in [5, 5.41) is 2.99. The maximum absolute atomic E-state index is 12.5. The van der Waals surface area contributed by atoms with Gasteiger partial charge in [0.25, 0.3) is 0 Å². The quantitative estimate of drug-likeness (QED) is 0.736. The SMILES string of the molecule is CCC(N)(CC)CNC(=O)CN(Cc1cccnc1)c1ccccc1. The zero-order valence-corrected chi connectivity index (χ0v) is 15.1. The number of nitrogens with one attached hydrogen (secondary N) is 1. The number of nitrogens with zero attached hydrogens (tertiary/aromatic N) is 2. The second-order valence-corrected chi connectivity index (χ2v) is 6.40. The number of hydrogen-bond acceptors (Lipinski definition) is 4. The highest BCUT2D eigenvalue weighted by Gasteiger charge is 2.21. The summed E-state index contributed by atoms with van der Waals surface area (Å²) in [6, 6.07) is 13.9. The van der Waals surface area contributed by atoms with Gasteiger partial charge in [-0.25, -0.2) is 0 Å². The number of amides is 1. The van der Waals surface area contributed by atoms with Gasteiger partial charge < -0.3 is 16.0 Å². The van der Waals surface area contributed by atoms with Gasteiger partial charge >= 0.3 is 0 Å². The number of carbonyl (C=O) groups excluding carboxylic acids is 1. The van der Waals surface area contributed by atoms with E-state index in [2.05, 4.69) is 10.3 Å². The standard InChI is InChI=1S/C20H28N4O/c1-3-20(21,4-2)16-23-19(25)15-24(18-10-6-5-7-11-18)14-17-9-8-12-22-13-17/h5-13H,3-4,14-16,21H2,1-2H3,(H,23,25). The third-order valence-corrected chi connectivity index (χ3v) is 4.60. The zero-order valence-electron chi connectivity index (χ0n) is 15.1. The van der Waals surface area contributed by atoms with Crippen LogP contribution in [0.25, 0.3) is 0 Å². The number of pyridine rings is 1. The van der Waals surface area contributed by atoms with Crippen molar-refractivity contribution < 1.29 is 4.79 Å². The third-order valence-electron chi connectivity index (χ3n) is 4.60. The second-order valence-electron chi connectivity index (χ2n) is 6.40. The first kappa shape index (κ1) is 18.9. The number of rotatable bonds is 9. The van der Waals surface area contributed by atoms with E-state index in [-0.39, 0.29) is 18.0 Å². The molecule has 0 aliphatic carbocycles. The van der Waals surface area contributed by atoms with Crippen molar-refractivity contribution in [3.05, 3.63) is 60.4 Å². The van der Waals surface area contributed by atoms with E-state index < -0.39 is 0 Å². The van der Waals surface area contributed by atoms with Crippen LogP contribution >= 0.6 is 0 Å². The minimum atomic E-state index is -0.337. The van der Waals surface area contributed by atoms with Crippen LogP contribution in [-0.2, 0) is 11.3 Å². The predicted molar refractivity (Wildman–Crippen MR) is 102 cm³/mol. The topological polar surface area (TPSA) is 71.2 Å². The largest absolute Gasteiger partial charge is 0.358 e. The van der Waals surface area contributed by atoms with Crippen LogP contribution in [0.3, 0.4) is 0 Å². The van der Waals surface area contributed by atoms with Crippen LogP contribution in [0.1, 0.15) is 32.3 Å². The average molecular weight is 340 g/mol. The van der Waals surface area contributed by atoms with Crippen molar-refractivity contribution in [2.75, 3.05) is 18.0 Å². The van der Waals surface area contributed by atoms with Gasteiger partial charge in [-0.1, -0.05) is 38.1 Å². The van der Waals surface area contributed by atoms with E-state index in [0.29, 0.717) is 13.1 Å². The summed E-state index contributed by atoms with van der Waals surface area (Å²) < 4.78 is 0. The van der Waals surface area contributed by atoms with E-state index in [9.17, 15) is 4.79 Å². The molecule has 5 heteroatoms. The second kappa shape index (κ2) is 9.18. The molecule has 0 atom stereocenters. The maximum atomic E-state index is 12.5. The van der Waals surface area contributed by atoms with E-state index in [1.165, 1.54) is 0 Å². The number of nitrogens with two attached hydrogens (primary N) is 1. The van der Waals surface area contributed by atoms with Crippen molar-refractivity contribution in [2.24, 2.45) is 5.73 Å². The van der Waals surface area contributed by atoms with E-state index in [1.54, 1.807) is 6.20 Å². The third kappa shape index (κ3) is 5.87. The van der Waals surface area contributed by atoms with E-state index in [1.807, 2.05) is 67.4 Å². The first-order valence-electron chi connectivity index (χ1n) is 8.81. The van der Waals surface area contributed by atoms with E-state index in [0.717, 1.165) is 24.1 Å². The zero-order chi connectivity index (χ0) is 18.1. The van der Waals surface area contributed by atoms with E-state index >= 15 is 0 Å². The molecule has 2 rings (SSSR count). The van der Waals surface area contributed by atoms with Crippen molar-refractivity contribution in [2.45, 2.75) is 38.8 Å². The van der Waals surface area contributed by atoms with Crippen LogP contribution in [0, 0.1) is 0 Å². The molecule has 0 bridgehead atoms. The molecule has 134 valence electrons. The van der Waals surface area contributed by atoms with Gasteiger partial charge in [-0.2, -0.15) is 0 Å². The van der Waals surface area contributed by atoms with Crippen molar-refractivity contribution in [1.82, 2.24) is 10.3 Å². The van der Waals surface area contributed by atoms with Gasteiger partial charge in [0.1, 0.15) is 0 Å². The molecule has 1 heterocycles. The van der Waals surface area contributed by atoms with Crippen molar-refractivity contribution >= 4 is 11.6 Å². The molecule has 0 unspecified atom stereocenters. The van der Waals surface area contributed by atoms with Gasteiger partial charge in [-0.05, 0) is 36.6 Å². The molecule has 25 heavy (non-hydrogen) atoms. The molecule has 0 saturated carbocycles. The van der Waals surface area contributed by atoms with Gasteiger partial charge in [-0.15, -0.1) is 0 Å². The number of carbonyl (C=O) groups is 1. The Morgan fingerprint density at radius 2 is 1.88 bits per heavy atom. The molecule has 0 fully saturated rings. The Morgan fingerprint density at radius 3 is 2.48 bits per heavy atom. The van der Waals surface area contributed by atoms with Crippen LogP contribution < -0.4 is 16.0 Å². The fourth-order valence-corrected chi connectivity index (χ4v) is 2.59. The Bertz CT molecular complexity index is 641. The lowest BCUT2D eigenvalue weighted by Gasteiger charge is -2.28. The summed E-state index contributed by atoms with van der Waals surface area (Å²) in [5.74, 6) is -0.0236. The highest BCUT2D eigenvalue weighted by molar-refractivity contribution is 5.81. The molecule has 0 aliphatic heterocycles. The Morgan fingerprint density at radius 1 is 1.16 bits per heavy atom. The number of para-hydroxylation sites is 1. The van der Waals surface area contributed by atoms with E-state index in [4.69, 9.17) is 5.73 Å². The highest BCUT2D eigenvalue weighted by atomic mass is 16.2. The Kier molecular flexibility index (Phi) is 6.95. The predicted octanol–water partition coefficient (Wildman–Crippen LogP) is 2.72. The molecule has 0 spiro atoms. The van der Waals surface area contributed by atoms with Crippen LogP contribution in [0.15, 0.2) is 54.9 Å². The molecule has 1 amide bonds. The van der Waals surface area contributed by atoms with Crippen LogP contribution in [0.4, 0.5) is 5.69 Å². The summed E-state index contributed by atoms with van der Waals surface area (Å²) in [7, 11) is 0. The summed E-state index contributed by atoms with van der Waals surface area (Å²) in [6.07, 6.45) is 5.25. The lowest BCUT2D eigenvalue weighted by atomic mass is 9.94. The lowest BCUT2D eigenvalue weighted by Crippen LogP contribution is -2.50. The summed E-state index contributed by atoms with van der Waals surface area (Å²) in [4.78, 5) is 18.7. The van der Waals surface area contributed by atoms with Crippen LogP contribution in [-0.4, -0.2) is 29.5 Å². The van der Waals surface area contributed by atoms with Crippen LogP contribution in [0.2, 0.25) is 0 Å². The van der Waals surface area contributed by atoms with Gasteiger partial charge in [-0.3, -0.25) is 9.78 Å². The van der Waals surface area contributed by atoms with Crippen molar-refractivity contribution in [3.63, 3.8) is 0 Å². The summed E-state index contributed by atoms with van der Waals surface area (Å²) in [6.45, 7) is 5.50. The molecule has 0 radical (unpaired) electrons. The normalized spacial score (nSPS) is 11.2.